The average Bonchev–Trinajstić information content (AvgIpc) is 3.44. The van der Waals surface area contributed by atoms with Crippen molar-refractivity contribution < 1.29 is 24.9 Å². The first-order valence-electron chi connectivity index (χ1n) is 12.6. The molecule has 0 saturated heterocycles. The number of para-hydroxylation sites is 1. The van der Waals surface area contributed by atoms with Crippen LogP contribution in [0.25, 0.3) is 0 Å². The lowest BCUT2D eigenvalue weighted by Crippen LogP contribution is -2.44. The first-order chi connectivity index (χ1) is 18.2. The molecule has 1 aliphatic rings. The normalized spacial score (nSPS) is 18.6. The SMILES string of the molecule is C[C@H](O)C(=O)Nc1ccc(CN2C(=O)[C@](O)([C@H](C)/C=C/CCn3cc(CCO)nn3)c3ccccc32)cc1. The molecule has 4 rings (SSSR count). The van der Waals surface area contributed by atoms with Crippen molar-refractivity contribution in [1.82, 2.24) is 15.0 Å². The number of aromatic nitrogens is 3. The van der Waals surface area contributed by atoms with Gasteiger partial charge in [0, 0.05) is 42.9 Å². The Morgan fingerprint density at radius 1 is 1.16 bits per heavy atom. The van der Waals surface area contributed by atoms with Gasteiger partial charge in [0.1, 0.15) is 6.10 Å². The fourth-order valence-corrected chi connectivity index (χ4v) is 4.50. The van der Waals surface area contributed by atoms with E-state index in [9.17, 15) is 19.8 Å². The predicted molar refractivity (Wildman–Crippen MR) is 142 cm³/mol. The molecule has 3 atom stereocenters. The van der Waals surface area contributed by atoms with E-state index in [2.05, 4.69) is 15.6 Å². The Hall–Kier alpha value is -3.86. The minimum Gasteiger partial charge on any atom is -0.396 e. The van der Waals surface area contributed by atoms with Crippen molar-refractivity contribution in [1.29, 1.82) is 0 Å². The van der Waals surface area contributed by atoms with Gasteiger partial charge in [0.25, 0.3) is 11.8 Å². The lowest BCUT2D eigenvalue weighted by atomic mass is 9.83. The van der Waals surface area contributed by atoms with Crippen LogP contribution in [0.4, 0.5) is 11.4 Å². The summed E-state index contributed by atoms with van der Waals surface area (Å²) in [7, 11) is 0. The van der Waals surface area contributed by atoms with Crippen molar-refractivity contribution >= 4 is 23.2 Å². The van der Waals surface area contributed by atoms with Gasteiger partial charge in [-0.25, -0.2) is 0 Å². The number of benzene rings is 2. The third-order valence-corrected chi connectivity index (χ3v) is 6.68. The first kappa shape index (κ1) is 27.2. The summed E-state index contributed by atoms with van der Waals surface area (Å²) in [6.45, 7) is 4.08. The second-order valence-electron chi connectivity index (χ2n) is 9.49. The molecule has 2 heterocycles. The topological polar surface area (TPSA) is 141 Å². The molecular weight excluding hydrogens is 486 g/mol. The van der Waals surface area contributed by atoms with Gasteiger partial charge in [-0.3, -0.25) is 14.3 Å². The molecule has 200 valence electrons. The number of aliphatic hydroxyl groups excluding tert-OH is 2. The number of fused-ring (bicyclic) bond motifs is 1. The minimum atomic E-state index is -1.71. The Kier molecular flexibility index (Phi) is 8.35. The maximum Gasteiger partial charge on any atom is 0.264 e. The molecule has 0 aliphatic carbocycles. The molecule has 0 bridgehead atoms. The molecule has 1 aromatic heterocycles. The molecule has 2 aromatic carbocycles. The van der Waals surface area contributed by atoms with E-state index in [1.165, 1.54) is 6.92 Å². The van der Waals surface area contributed by atoms with E-state index in [0.717, 1.165) is 11.3 Å². The van der Waals surface area contributed by atoms with Gasteiger partial charge in [-0.2, -0.15) is 0 Å². The Labute approximate surface area is 221 Å². The zero-order valence-electron chi connectivity index (χ0n) is 21.5. The number of aryl methyl sites for hydroxylation is 1. The number of carbonyl (C=O) groups is 2. The molecule has 0 radical (unpaired) electrons. The number of anilines is 2. The quantitative estimate of drug-likeness (QED) is 0.285. The largest absolute Gasteiger partial charge is 0.396 e. The molecule has 10 heteroatoms. The maximum absolute atomic E-state index is 13.7. The Bertz CT molecular complexity index is 1300. The van der Waals surface area contributed by atoms with Crippen LogP contribution in [0.5, 0.6) is 0 Å². The summed E-state index contributed by atoms with van der Waals surface area (Å²) in [5, 5.41) is 40.8. The van der Waals surface area contributed by atoms with Gasteiger partial charge in [-0.1, -0.05) is 54.6 Å². The Morgan fingerprint density at radius 2 is 1.89 bits per heavy atom. The van der Waals surface area contributed by atoms with Crippen LogP contribution >= 0.6 is 0 Å². The van der Waals surface area contributed by atoms with Crippen LogP contribution in [0.1, 0.15) is 37.1 Å². The van der Waals surface area contributed by atoms with Gasteiger partial charge >= 0.3 is 0 Å². The van der Waals surface area contributed by atoms with Crippen LogP contribution in [0.2, 0.25) is 0 Å². The lowest BCUT2D eigenvalue weighted by Gasteiger charge is -2.27. The van der Waals surface area contributed by atoms with Crippen molar-refractivity contribution in [2.75, 3.05) is 16.8 Å². The van der Waals surface area contributed by atoms with E-state index in [4.69, 9.17) is 5.11 Å². The lowest BCUT2D eigenvalue weighted by molar-refractivity contribution is -0.139. The Morgan fingerprint density at radius 3 is 2.61 bits per heavy atom. The molecule has 3 aromatic rings. The summed E-state index contributed by atoms with van der Waals surface area (Å²) in [6.07, 6.45) is 5.55. The number of carbonyl (C=O) groups excluding carboxylic acids is 2. The number of hydrogen-bond acceptors (Lipinski definition) is 7. The van der Waals surface area contributed by atoms with Crippen LogP contribution in [-0.2, 0) is 34.7 Å². The van der Waals surface area contributed by atoms with Crippen molar-refractivity contribution in [3.05, 3.63) is 83.7 Å². The molecular formula is C28H33N5O5. The number of allylic oxidation sites excluding steroid dienone is 1. The molecule has 10 nitrogen and oxygen atoms in total. The molecule has 2 amide bonds. The number of aliphatic hydroxyl groups is 3. The van der Waals surface area contributed by atoms with Crippen molar-refractivity contribution in [2.45, 2.75) is 51.5 Å². The van der Waals surface area contributed by atoms with Crippen molar-refractivity contribution in [3.8, 4) is 0 Å². The fraction of sp³-hybridized carbons (Fsp3) is 0.357. The highest BCUT2D eigenvalue weighted by atomic mass is 16.3. The predicted octanol–water partition coefficient (Wildman–Crippen LogP) is 2.15. The zero-order valence-corrected chi connectivity index (χ0v) is 21.5. The van der Waals surface area contributed by atoms with Gasteiger partial charge in [0.2, 0.25) is 0 Å². The highest BCUT2D eigenvalue weighted by Gasteiger charge is 2.52. The third kappa shape index (κ3) is 5.67. The second kappa shape index (κ2) is 11.7. The number of nitrogens with zero attached hydrogens (tertiary/aromatic N) is 4. The summed E-state index contributed by atoms with van der Waals surface area (Å²) >= 11 is 0. The summed E-state index contributed by atoms with van der Waals surface area (Å²) < 4.78 is 1.70. The van der Waals surface area contributed by atoms with Crippen LogP contribution in [0.3, 0.4) is 0 Å². The van der Waals surface area contributed by atoms with Crippen LogP contribution in [0, 0.1) is 5.92 Å². The zero-order chi connectivity index (χ0) is 27.3. The summed E-state index contributed by atoms with van der Waals surface area (Å²) in [5.74, 6) is -1.38. The molecule has 0 saturated carbocycles. The minimum absolute atomic E-state index is 0.0225. The summed E-state index contributed by atoms with van der Waals surface area (Å²) in [4.78, 5) is 27.0. The number of amides is 2. The molecule has 0 unspecified atom stereocenters. The fourth-order valence-electron chi connectivity index (χ4n) is 4.50. The molecule has 0 spiro atoms. The highest BCUT2D eigenvalue weighted by Crippen LogP contribution is 2.45. The highest BCUT2D eigenvalue weighted by molar-refractivity contribution is 6.07. The van der Waals surface area contributed by atoms with E-state index in [-0.39, 0.29) is 13.2 Å². The molecule has 1 aliphatic heterocycles. The molecule has 0 fully saturated rings. The maximum atomic E-state index is 13.7. The Balaban J connectivity index is 1.45. The first-order valence-corrected chi connectivity index (χ1v) is 12.6. The van der Waals surface area contributed by atoms with Gasteiger partial charge < -0.3 is 25.5 Å². The smallest absolute Gasteiger partial charge is 0.264 e. The standard InChI is InChI=1S/C28H33N5O5/c1-19(7-5-6-15-32-18-23(14-16-34)30-31-32)28(38)24-8-3-4-9-25(24)33(27(28)37)17-21-10-12-22(13-11-21)29-26(36)20(2)35/h3-5,7-13,18-20,34-35,38H,6,14-17H2,1-2H3,(H,29,36)/b7-5+/t19-,20+,28+/m1/s1. The number of nitrogens with one attached hydrogen (secondary N) is 1. The van der Waals surface area contributed by atoms with Gasteiger partial charge in [0.15, 0.2) is 5.60 Å². The molecule has 4 N–H and O–H groups in total. The summed E-state index contributed by atoms with van der Waals surface area (Å²) in [6, 6.07) is 14.3. The van der Waals surface area contributed by atoms with Crippen LogP contribution in [0.15, 0.2) is 66.9 Å². The number of hydrogen-bond donors (Lipinski definition) is 4. The van der Waals surface area contributed by atoms with Crippen molar-refractivity contribution in [3.63, 3.8) is 0 Å². The van der Waals surface area contributed by atoms with E-state index < -0.39 is 29.4 Å². The van der Waals surface area contributed by atoms with Gasteiger partial charge in [0.05, 0.1) is 17.9 Å². The van der Waals surface area contributed by atoms with E-state index in [1.807, 2.05) is 37.3 Å². The van der Waals surface area contributed by atoms with E-state index in [0.29, 0.717) is 36.3 Å². The average molecular weight is 520 g/mol. The summed E-state index contributed by atoms with van der Waals surface area (Å²) in [5.41, 5.74) is 1.60. The monoisotopic (exact) mass is 519 g/mol. The molecule has 38 heavy (non-hydrogen) atoms. The van der Waals surface area contributed by atoms with Gasteiger partial charge in [-0.05, 0) is 37.1 Å². The van der Waals surface area contributed by atoms with E-state index >= 15 is 0 Å². The third-order valence-electron chi connectivity index (χ3n) is 6.68. The van der Waals surface area contributed by atoms with Crippen LogP contribution < -0.4 is 10.2 Å². The number of rotatable bonds is 11. The van der Waals surface area contributed by atoms with Gasteiger partial charge in [-0.15, -0.1) is 5.10 Å². The van der Waals surface area contributed by atoms with Crippen molar-refractivity contribution in [2.24, 2.45) is 5.92 Å². The van der Waals surface area contributed by atoms with Crippen LogP contribution in [-0.4, -0.2) is 54.8 Å². The second-order valence-corrected chi connectivity index (χ2v) is 9.49. The van der Waals surface area contributed by atoms with E-state index in [1.54, 1.807) is 46.1 Å².